The second-order valence-electron chi connectivity index (χ2n) is 7.63. The summed E-state index contributed by atoms with van der Waals surface area (Å²) in [7, 11) is 0. The molecule has 0 aromatic rings. The first kappa shape index (κ1) is 12.0. The third-order valence-corrected chi connectivity index (χ3v) is 6.32. The fourth-order valence-electron chi connectivity index (χ4n) is 4.93. The van der Waals surface area contributed by atoms with Crippen molar-refractivity contribution in [3.8, 4) is 0 Å². The van der Waals surface area contributed by atoms with E-state index in [1.54, 1.807) is 0 Å². The molecule has 17 heavy (non-hydrogen) atoms. The summed E-state index contributed by atoms with van der Waals surface area (Å²) in [4.78, 5) is 0. The van der Waals surface area contributed by atoms with E-state index < -0.39 is 6.17 Å². The van der Waals surface area contributed by atoms with Crippen LogP contribution in [0.25, 0.3) is 0 Å². The van der Waals surface area contributed by atoms with Crippen molar-refractivity contribution in [2.75, 3.05) is 0 Å². The van der Waals surface area contributed by atoms with Gasteiger partial charge in [0, 0.05) is 10.8 Å². The summed E-state index contributed by atoms with van der Waals surface area (Å²) < 4.78 is 14.9. The third kappa shape index (κ3) is 1.76. The molecule has 3 saturated carbocycles. The van der Waals surface area contributed by atoms with Gasteiger partial charge >= 0.3 is 0 Å². The Morgan fingerprint density at radius 1 is 0.765 bits per heavy atom. The van der Waals surface area contributed by atoms with Gasteiger partial charge in [-0.25, -0.2) is 4.39 Å². The lowest BCUT2D eigenvalue weighted by molar-refractivity contribution is -0.183. The Hall–Kier alpha value is -0.0700. The van der Waals surface area contributed by atoms with Crippen LogP contribution < -0.4 is 0 Å². The second kappa shape index (κ2) is 3.96. The Labute approximate surface area is 105 Å². The predicted octanol–water partition coefficient (Wildman–Crippen LogP) is 5.12. The Morgan fingerprint density at radius 3 is 1.41 bits per heavy atom. The molecule has 3 aliphatic carbocycles. The van der Waals surface area contributed by atoms with E-state index in [-0.39, 0.29) is 10.8 Å². The van der Waals surface area contributed by atoms with Gasteiger partial charge in [-0.2, -0.15) is 0 Å². The molecule has 0 aromatic heterocycles. The average Bonchev–Trinajstić information content (AvgIpc) is 2.35. The quantitative estimate of drug-likeness (QED) is 0.549. The number of hydrogen-bond donors (Lipinski definition) is 0. The van der Waals surface area contributed by atoms with Crippen LogP contribution in [0.15, 0.2) is 0 Å². The SMILES string of the molecule is CC1CCC2(CC1)CC1(CCC(C)CC1)C2F. The van der Waals surface area contributed by atoms with Crippen molar-refractivity contribution in [3.63, 3.8) is 0 Å². The van der Waals surface area contributed by atoms with Crippen molar-refractivity contribution in [3.05, 3.63) is 0 Å². The third-order valence-electron chi connectivity index (χ3n) is 6.32. The molecule has 2 spiro atoms. The monoisotopic (exact) mass is 238 g/mol. The minimum absolute atomic E-state index is 0.132. The zero-order chi connectivity index (χ0) is 12.1. The number of alkyl halides is 1. The van der Waals surface area contributed by atoms with E-state index in [4.69, 9.17) is 0 Å². The largest absolute Gasteiger partial charge is 0.246 e. The molecule has 98 valence electrons. The summed E-state index contributed by atoms with van der Waals surface area (Å²) in [6.45, 7) is 4.66. The van der Waals surface area contributed by atoms with E-state index in [0.29, 0.717) is 0 Å². The highest BCUT2D eigenvalue weighted by molar-refractivity contribution is 5.12. The van der Waals surface area contributed by atoms with Crippen molar-refractivity contribution < 1.29 is 4.39 Å². The molecule has 0 amide bonds. The van der Waals surface area contributed by atoms with Crippen LogP contribution in [-0.2, 0) is 0 Å². The van der Waals surface area contributed by atoms with Crippen molar-refractivity contribution in [2.24, 2.45) is 22.7 Å². The highest BCUT2D eigenvalue weighted by atomic mass is 19.1. The first-order valence-corrected chi connectivity index (χ1v) is 7.70. The van der Waals surface area contributed by atoms with Crippen LogP contribution in [0.2, 0.25) is 0 Å². The maximum atomic E-state index is 14.9. The lowest BCUT2D eigenvalue weighted by Gasteiger charge is -2.63. The molecule has 3 fully saturated rings. The topological polar surface area (TPSA) is 0 Å². The Kier molecular flexibility index (Phi) is 2.80. The molecule has 1 heteroatoms. The average molecular weight is 238 g/mol. The zero-order valence-corrected chi connectivity index (χ0v) is 11.5. The second-order valence-corrected chi connectivity index (χ2v) is 7.63. The minimum Gasteiger partial charge on any atom is -0.246 e. The molecule has 0 bridgehead atoms. The summed E-state index contributed by atoms with van der Waals surface area (Å²) in [6, 6.07) is 0. The van der Waals surface area contributed by atoms with Crippen molar-refractivity contribution in [1.82, 2.24) is 0 Å². The van der Waals surface area contributed by atoms with Gasteiger partial charge in [0.25, 0.3) is 0 Å². The molecule has 0 aromatic carbocycles. The molecule has 0 nitrogen and oxygen atoms in total. The van der Waals surface area contributed by atoms with E-state index in [9.17, 15) is 4.39 Å². The molecule has 0 atom stereocenters. The van der Waals surface area contributed by atoms with E-state index >= 15 is 0 Å². The van der Waals surface area contributed by atoms with Crippen LogP contribution in [0.4, 0.5) is 4.39 Å². The van der Waals surface area contributed by atoms with Gasteiger partial charge in [0.2, 0.25) is 0 Å². The van der Waals surface area contributed by atoms with Crippen LogP contribution in [0.3, 0.4) is 0 Å². The zero-order valence-electron chi connectivity index (χ0n) is 11.5. The smallest absolute Gasteiger partial charge is 0.111 e. The van der Waals surface area contributed by atoms with Gasteiger partial charge < -0.3 is 0 Å². The van der Waals surface area contributed by atoms with Gasteiger partial charge in [-0.15, -0.1) is 0 Å². The van der Waals surface area contributed by atoms with Crippen molar-refractivity contribution in [2.45, 2.75) is 77.8 Å². The number of hydrogen-bond acceptors (Lipinski definition) is 0. The first-order valence-electron chi connectivity index (χ1n) is 7.70. The standard InChI is InChI=1S/C16H27F/c1-12-3-7-15(8-4-12)11-16(14(15)17)9-5-13(2)6-10-16/h12-14H,3-11H2,1-2H3. The van der Waals surface area contributed by atoms with Crippen molar-refractivity contribution in [1.29, 1.82) is 0 Å². The fraction of sp³-hybridized carbons (Fsp3) is 1.00. The number of halogens is 1. The van der Waals surface area contributed by atoms with Gasteiger partial charge in [-0.1, -0.05) is 39.5 Å². The lowest BCUT2D eigenvalue weighted by atomic mass is 9.43. The van der Waals surface area contributed by atoms with Crippen LogP contribution in [0.1, 0.15) is 71.6 Å². The van der Waals surface area contributed by atoms with Gasteiger partial charge in [-0.3, -0.25) is 0 Å². The summed E-state index contributed by atoms with van der Waals surface area (Å²) >= 11 is 0. The highest BCUT2D eigenvalue weighted by Crippen LogP contribution is 2.67. The van der Waals surface area contributed by atoms with E-state index in [1.165, 1.54) is 57.8 Å². The van der Waals surface area contributed by atoms with Gasteiger partial charge in [-0.05, 0) is 43.9 Å². The summed E-state index contributed by atoms with van der Waals surface area (Å²) in [5.74, 6) is 1.69. The molecular weight excluding hydrogens is 211 g/mol. The Morgan fingerprint density at radius 2 is 1.12 bits per heavy atom. The molecule has 0 aliphatic heterocycles. The fourth-order valence-corrected chi connectivity index (χ4v) is 4.93. The van der Waals surface area contributed by atoms with E-state index in [2.05, 4.69) is 13.8 Å². The molecular formula is C16H27F. The van der Waals surface area contributed by atoms with Crippen LogP contribution in [-0.4, -0.2) is 6.17 Å². The predicted molar refractivity (Wildman–Crippen MR) is 69.6 cm³/mol. The maximum absolute atomic E-state index is 14.9. The molecule has 3 aliphatic rings. The molecule has 3 rings (SSSR count). The van der Waals surface area contributed by atoms with Gasteiger partial charge in [0.15, 0.2) is 0 Å². The number of rotatable bonds is 0. The van der Waals surface area contributed by atoms with E-state index in [0.717, 1.165) is 11.8 Å². The normalized spacial score (nSPS) is 54.9. The Balaban J connectivity index is 1.66. The van der Waals surface area contributed by atoms with Crippen LogP contribution in [0, 0.1) is 22.7 Å². The lowest BCUT2D eigenvalue weighted by Crippen LogP contribution is -2.60. The summed E-state index contributed by atoms with van der Waals surface area (Å²) in [6.07, 6.45) is 10.5. The molecule has 0 unspecified atom stereocenters. The summed E-state index contributed by atoms with van der Waals surface area (Å²) in [5.41, 5.74) is 0.264. The minimum atomic E-state index is -0.463. The molecule has 0 saturated heterocycles. The van der Waals surface area contributed by atoms with Gasteiger partial charge in [0.05, 0.1) is 0 Å². The van der Waals surface area contributed by atoms with Crippen molar-refractivity contribution >= 4 is 0 Å². The molecule has 0 heterocycles. The summed E-state index contributed by atoms with van der Waals surface area (Å²) in [5, 5.41) is 0. The molecule has 0 N–H and O–H groups in total. The van der Waals surface area contributed by atoms with Crippen LogP contribution >= 0.6 is 0 Å². The Bertz CT molecular complexity index is 252. The van der Waals surface area contributed by atoms with Crippen LogP contribution in [0.5, 0.6) is 0 Å². The molecule has 0 radical (unpaired) electrons. The van der Waals surface area contributed by atoms with Gasteiger partial charge in [0.1, 0.15) is 6.17 Å². The first-order chi connectivity index (χ1) is 8.06. The van der Waals surface area contributed by atoms with E-state index in [1.807, 2.05) is 0 Å². The highest BCUT2D eigenvalue weighted by Gasteiger charge is 2.63. The maximum Gasteiger partial charge on any atom is 0.111 e.